The molecule has 0 bridgehead atoms. The molecule has 0 spiro atoms. The molecule has 9 nitrogen and oxygen atoms in total. The number of hydrogen-bond donors (Lipinski definition) is 0. The highest BCUT2D eigenvalue weighted by Crippen LogP contribution is 2.30. The van der Waals surface area contributed by atoms with Crippen LogP contribution in [-0.2, 0) is 17.7 Å². The first-order valence-corrected chi connectivity index (χ1v) is 10.8. The predicted molar refractivity (Wildman–Crippen MR) is 111 cm³/mol. The molecule has 0 unspecified atom stereocenters. The molecule has 1 fully saturated rings. The number of carbonyl (C=O) groups excluding carboxylic acids is 1. The SMILES string of the molecule is CC(C)n1ncc2c1CN(c1nc(C3CCN(C(=O)OC(C)(C)C)CC3)no1)CC2. The first-order chi connectivity index (χ1) is 14.2. The van der Waals surface area contributed by atoms with Gasteiger partial charge in [0.15, 0.2) is 5.82 Å². The second kappa shape index (κ2) is 7.92. The molecule has 0 N–H and O–H groups in total. The summed E-state index contributed by atoms with van der Waals surface area (Å²) in [5, 5.41) is 8.79. The van der Waals surface area contributed by atoms with Crippen molar-refractivity contribution in [3.8, 4) is 0 Å². The molecule has 164 valence electrons. The number of rotatable bonds is 3. The average molecular weight is 417 g/mol. The lowest BCUT2D eigenvalue weighted by atomic mass is 9.96. The van der Waals surface area contributed by atoms with Crippen LogP contribution in [0.2, 0.25) is 0 Å². The van der Waals surface area contributed by atoms with E-state index in [1.165, 1.54) is 11.3 Å². The largest absolute Gasteiger partial charge is 0.444 e. The van der Waals surface area contributed by atoms with Crippen LogP contribution in [0.1, 0.15) is 76.5 Å². The molecule has 2 aromatic heterocycles. The number of ether oxygens (including phenoxy) is 1. The van der Waals surface area contributed by atoms with Gasteiger partial charge in [0.05, 0.1) is 18.4 Å². The Morgan fingerprint density at radius 2 is 1.97 bits per heavy atom. The van der Waals surface area contributed by atoms with E-state index in [1.54, 1.807) is 4.90 Å². The summed E-state index contributed by atoms with van der Waals surface area (Å²) in [5.74, 6) is 0.930. The van der Waals surface area contributed by atoms with Gasteiger partial charge in [0.1, 0.15) is 5.60 Å². The van der Waals surface area contributed by atoms with E-state index < -0.39 is 5.60 Å². The zero-order valence-corrected chi connectivity index (χ0v) is 18.6. The van der Waals surface area contributed by atoms with Gasteiger partial charge in [-0.05, 0) is 59.4 Å². The molecule has 0 aromatic carbocycles. The van der Waals surface area contributed by atoms with Crippen LogP contribution in [0.5, 0.6) is 0 Å². The maximum atomic E-state index is 12.3. The minimum absolute atomic E-state index is 0.197. The van der Waals surface area contributed by atoms with Crippen molar-refractivity contribution >= 4 is 12.1 Å². The molecule has 9 heteroatoms. The zero-order chi connectivity index (χ0) is 21.5. The van der Waals surface area contributed by atoms with Gasteiger partial charge in [-0.2, -0.15) is 10.1 Å². The van der Waals surface area contributed by atoms with Gasteiger partial charge in [0, 0.05) is 31.6 Å². The fourth-order valence-corrected chi connectivity index (χ4v) is 4.10. The second-order valence-corrected chi connectivity index (χ2v) is 9.50. The van der Waals surface area contributed by atoms with Gasteiger partial charge < -0.3 is 19.1 Å². The van der Waals surface area contributed by atoms with Crippen molar-refractivity contribution in [1.82, 2.24) is 24.8 Å². The monoisotopic (exact) mass is 416 g/mol. The molecule has 4 rings (SSSR count). The number of anilines is 1. The molecule has 0 radical (unpaired) electrons. The van der Waals surface area contributed by atoms with E-state index in [2.05, 4.69) is 33.7 Å². The summed E-state index contributed by atoms with van der Waals surface area (Å²) >= 11 is 0. The third-order valence-electron chi connectivity index (χ3n) is 5.68. The van der Waals surface area contributed by atoms with Crippen molar-refractivity contribution in [2.45, 2.75) is 78.0 Å². The number of nitrogens with zero attached hydrogens (tertiary/aromatic N) is 6. The van der Waals surface area contributed by atoms with E-state index >= 15 is 0 Å². The predicted octanol–water partition coefficient (Wildman–Crippen LogP) is 3.52. The Balaban J connectivity index is 1.37. The number of fused-ring (bicyclic) bond motifs is 1. The summed E-state index contributed by atoms with van der Waals surface area (Å²) in [5.41, 5.74) is 2.05. The van der Waals surface area contributed by atoms with E-state index in [0.717, 1.165) is 38.2 Å². The Hall–Kier alpha value is -2.58. The van der Waals surface area contributed by atoms with Crippen LogP contribution in [0.25, 0.3) is 0 Å². The molecule has 2 aromatic rings. The number of aromatic nitrogens is 4. The first kappa shape index (κ1) is 20.7. The number of likely N-dealkylation sites (tertiary alicyclic amines) is 1. The van der Waals surface area contributed by atoms with Gasteiger partial charge >= 0.3 is 12.1 Å². The van der Waals surface area contributed by atoms with Crippen LogP contribution in [0.4, 0.5) is 10.8 Å². The summed E-state index contributed by atoms with van der Waals surface area (Å²) in [6.07, 6.45) is 4.27. The van der Waals surface area contributed by atoms with Gasteiger partial charge in [0.25, 0.3) is 0 Å². The normalized spacial score (nSPS) is 18.1. The molecule has 30 heavy (non-hydrogen) atoms. The molecule has 1 amide bonds. The lowest BCUT2D eigenvalue weighted by Crippen LogP contribution is -2.41. The number of piperidine rings is 1. The Bertz CT molecular complexity index is 889. The second-order valence-electron chi connectivity index (χ2n) is 9.50. The van der Waals surface area contributed by atoms with E-state index in [-0.39, 0.29) is 12.0 Å². The van der Waals surface area contributed by atoms with Gasteiger partial charge in [-0.1, -0.05) is 5.16 Å². The highest BCUT2D eigenvalue weighted by atomic mass is 16.6. The van der Waals surface area contributed by atoms with Crippen LogP contribution < -0.4 is 4.90 Å². The molecular weight excluding hydrogens is 384 g/mol. The van der Waals surface area contributed by atoms with Crippen molar-refractivity contribution in [3.05, 3.63) is 23.3 Å². The van der Waals surface area contributed by atoms with Crippen molar-refractivity contribution < 1.29 is 14.1 Å². The third-order valence-corrected chi connectivity index (χ3v) is 5.68. The molecule has 2 aliphatic heterocycles. The fraction of sp³-hybridized carbons (Fsp3) is 0.714. The zero-order valence-electron chi connectivity index (χ0n) is 18.6. The van der Waals surface area contributed by atoms with Crippen molar-refractivity contribution in [2.75, 3.05) is 24.5 Å². The third kappa shape index (κ3) is 4.29. The van der Waals surface area contributed by atoms with Crippen LogP contribution >= 0.6 is 0 Å². The number of amides is 1. The summed E-state index contributed by atoms with van der Waals surface area (Å²) in [4.78, 5) is 20.9. The molecule has 2 aliphatic rings. The highest BCUT2D eigenvalue weighted by Gasteiger charge is 2.31. The lowest BCUT2D eigenvalue weighted by molar-refractivity contribution is 0.0203. The van der Waals surface area contributed by atoms with Crippen molar-refractivity contribution in [2.24, 2.45) is 0 Å². The van der Waals surface area contributed by atoms with Crippen molar-refractivity contribution in [3.63, 3.8) is 0 Å². The van der Waals surface area contributed by atoms with Crippen LogP contribution in [-0.4, -0.2) is 56.1 Å². The summed E-state index contributed by atoms with van der Waals surface area (Å²) in [7, 11) is 0. The van der Waals surface area contributed by atoms with E-state index in [9.17, 15) is 4.79 Å². The van der Waals surface area contributed by atoms with Gasteiger partial charge in [0.2, 0.25) is 0 Å². The lowest BCUT2D eigenvalue weighted by Gasteiger charge is -2.32. The molecule has 0 aliphatic carbocycles. The average Bonchev–Trinajstić information content (AvgIpc) is 3.33. The standard InChI is InChI=1S/C21H32N6O3/c1-14(2)27-17-13-26(11-8-16(17)12-22-27)19-23-18(24-30-19)15-6-9-25(10-7-15)20(28)29-21(3,4)5/h12,14-15H,6-11,13H2,1-5H3. The number of hydrogen-bond acceptors (Lipinski definition) is 7. The van der Waals surface area contributed by atoms with E-state index in [0.29, 0.717) is 25.1 Å². The Morgan fingerprint density at radius 1 is 1.23 bits per heavy atom. The molecular formula is C21H32N6O3. The van der Waals surface area contributed by atoms with E-state index in [4.69, 9.17) is 14.2 Å². The molecule has 4 heterocycles. The fourth-order valence-electron chi connectivity index (χ4n) is 4.10. The smallest absolute Gasteiger partial charge is 0.410 e. The summed E-state index contributed by atoms with van der Waals surface area (Å²) in [6, 6.07) is 0.892. The Labute approximate surface area is 177 Å². The molecule has 0 atom stereocenters. The highest BCUT2D eigenvalue weighted by molar-refractivity contribution is 5.68. The van der Waals surface area contributed by atoms with E-state index in [1.807, 2.05) is 27.0 Å². The van der Waals surface area contributed by atoms with Gasteiger partial charge in [-0.25, -0.2) is 4.79 Å². The Kier molecular flexibility index (Phi) is 5.46. The van der Waals surface area contributed by atoms with Crippen molar-refractivity contribution in [1.29, 1.82) is 0 Å². The minimum atomic E-state index is -0.476. The van der Waals surface area contributed by atoms with Crippen LogP contribution in [0.3, 0.4) is 0 Å². The topological polar surface area (TPSA) is 89.5 Å². The maximum Gasteiger partial charge on any atom is 0.410 e. The van der Waals surface area contributed by atoms with Crippen LogP contribution in [0.15, 0.2) is 10.7 Å². The van der Waals surface area contributed by atoms with Crippen LogP contribution in [0, 0.1) is 0 Å². The maximum absolute atomic E-state index is 12.3. The molecule has 0 saturated carbocycles. The molecule has 1 saturated heterocycles. The summed E-state index contributed by atoms with van der Waals surface area (Å²) < 4.78 is 13.2. The Morgan fingerprint density at radius 3 is 2.63 bits per heavy atom. The first-order valence-electron chi connectivity index (χ1n) is 10.8. The summed E-state index contributed by atoms with van der Waals surface area (Å²) in [6.45, 7) is 12.8. The minimum Gasteiger partial charge on any atom is -0.444 e. The van der Waals surface area contributed by atoms with Gasteiger partial charge in [-0.3, -0.25) is 4.68 Å². The van der Waals surface area contributed by atoms with Gasteiger partial charge in [-0.15, -0.1) is 0 Å². The quantitative estimate of drug-likeness (QED) is 0.756. The number of carbonyl (C=O) groups is 1.